The highest BCUT2D eigenvalue weighted by Gasteiger charge is 2.26. The summed E-state index contributed by atoms with van der Waals surface area (Å²) in [6.07, 6.45) is 14.5. The van der Waals surface area contributed by atoms with Crippen molar-refractivity contribution in [3.63, 3.8) is 0 Å². The number of carbonyl (C=O) groups is 2. The molecular weight excluding hydrogens is 472 g/mol. The van der Waals surface area contributed by atoms with Gasteiger partial charge < -0.3 is 29.9 Å². The normalized spacial score (nSPS) is 11.0. The van der Waals surface area contributed by atoms with Crippen LogP contribution in [0.3, 0.4) is 0 Å². The van der Waals surface area contributed by atoms with E-state index < -0.39 is 31.8 Å². The van der Waals surface area contributed by atoms with Crippen LogP contribution in [0.4, 0.5) is 0 Å². The third-order valence-corrected chi connectivity index (χ3v) is 6.46. The van der Waals surface area contributed by atoms with E-state index in [0.29, 0.717) is 37.6 Å². The van der Waals surface area contributed by atoms with E-state index in [1.165, 1.54) is 51.4 Å². The molecule has 0 bridgehead atoms. The van der Waals surface area contributed by atoms with Gasteiger partial charge in [-0.3, -0.25) is 9.59 Å². The maximum absolute atomic E-state index is 11.6. The number of thioether (sulfide) groups is 1. The molecule has 0 saturated carbocycles. The van der Waals surface area contributed by atoms with E-state index in [1.54, 1.807) is 11.8 Å². The Hall–Kier alpha value is -0.870. The van der Waals surface area contributed by atoms with Gasteiger partial charge in [0.2, 0.25) is 0 Å². The molecule has 0 unspecified atom stereocenters. The fourth-order valence-electron chi connectivity index (χ4n) is 2.85. The Labute approximate surface area is 217 Å². The molecule has 0 aromatic heterocycles. The SMILES string of the molecule is CCCCCCCCCCCCOC(=O)CCSCCC(=O)OCCC.OCC(CO)(CO)CO. The average molecular weight is 525 g/mol. The lowest BCUT2D eigenvalue weighted by Gasteiger charge is -2.23. The number of aliphatic hydroxyl groups excluding tert-OH is 4. The molecule has 0 atom stereocenters. The smallest absolute Gasteiger partial charge is 0.306 e. The third-order valence-electron chi connectivity index (χ3n) is 5.47. The highest BCUT2D eigenvalue weighted by molar-refractivity contribution is 7.99. The molecule has 0 saturated heterocycles. The van der Waals surface area contributed by atoms with Gasteiger partial charge in [0.05, 0.1) is 57.9 Å². The van der Waals surface area contributed by atoms with Crippen LogP contribution in [-0.4, -0.2) is 83.5 Å². The van der Waals surface area contributed by atoms with Gasteiger partial charge in [0.15, 0.2) is 0 Å². The van der Waals surface area contributed by atoms with Crippen LogP contribution in [-0.2, 0) is 19.1 Å². The van der Waals surface area contributed by atoms with E-state index in [2.05, 4.69) is 6.92 Å². The second-order valence-electron chi connectivity index (χ2n) is 8.87. The molecule has 0 aliphatic rings. The number of carbonyl (C=O) groups excluding carboxylic acids is 2. The van der Waals surface area contributed by atoms with Crippen LogP contribution in [0.5, 0.6) is 0 Å². The molecule has 0 amide bonds. The molecule has 0 aliphatic heterocycles. The molecule has 8 nitrogen and oxygen atoms in total. The molecule has 4 N–H and O–H groups in total. The number of rotatable bonds is 23. The summed E-state index contributed by atoms with van der Waals surface area (Å²) in [5.41, 5.74) is -1.11. The van der Waals surface area contributed by atoms with Gasteiger partial charge in [-0.1, -0.05) is 71.6 Å². The van der Waals surface area contributed by atoms with Crippen LogP contribution in [0.25, 0.3) is 0 Å². The van der Waals surface area contributed by atoms with Crippen LogP contribution in [0.2, 0.25) is 0 Å². The van der Waals surface area contributed by atoms with Crippen molar-refractivity contribution in [1.82, 2.24) is 0 Å². The number of unbranched alkanes of at least 4 members (excludes halogenated alkanes) is 9. The summed E-state index contributed by atoms with van der Waals surface area (Å²) in [6, 6.07) is 0. The first-order chi connectivity index (χ1) is 16.9. The minimum Gasteiger partial charge on any atom is -0.466 e. The third kappa shape index (κ3) is 24.6. The molecule has 35 heavy (non-hydrogen) atoms. The Morgan fingerprint density at radius 2 is 1.00 bits per heavy atom. The van der Waals surface area contributed by atoms with Gasteiger partial charge >= 0.3 is 11.9 Å². The lowest BCUT2D eigenvalue weighted by atomic mass is 9.93. The summed E-state index contributed by atoms with van der Waals surface area (Å²) in [7, 11) is 0. The summed E-state index contributed by atoms with van der Waals surface area (Å²) >= 11 is 1.60. The first-order valence-corrected chi connectivity index (χ1v) is 14.4. The first kappa shape index (κ1) is 36.3. The quantitative estimate of drug-likeness (QED) is 0.116. The standard InChI is InChI=1S/C21H40O4S.C5H12O4/c1-3-5-6-7-8-9-10-11-12-13-17-25-21(23)15-19-26-18-14-20(22)24-16-4-2;6-1-5(2-7,3-8)4-9/h3-19H2,1-2H3;6-9H,1-4H2. The van der Waals surface area contributed by atoms with Crippen molar-refractivity contribution in [2.75, 3.05) is 51.1 Å². The van der Waals surface area contributed by atoms with Crippen molar-refractivity contribution >= 4 is 23.7 Å². The van der Waals surface area contributed by atoms with Crippen LogP contribution in [0.15, 0.2) is 0 Å². The Kier molecular flexibility index (Phi) is 28.7. The number of esters is 2. The van der Waals surface area contributed by atoms with E-state index >= 15 is 0 Å². The van der Waals surface area contributed by atoms with Crippen LogP contribution >= 0.6 is 11.8 Å². The minimum atomic E-state index is -1.11. The number of hydrogen-bond acceptors (Lipinski definition) is 9. The fraction of sp³-hybridized carbons (Fsp3) is 0.923. The van der Waals surface area contributed by atoms with Crippen molar-refractivity contribution in [2.24, 2.45) is 5.41 Å². The maximum atomic E-state index is 11.6. The van der Waals surface area contributed by atoms with Gasteiger partial charge in [-0.15, -0.1) is 0 Å². The molecule has 0 spiro atoms. The number of hydrogen-bond donors (Lipinski definition) is 4. The van der Waals surface area contributed by atoms with Crippen molar-refractivity contribution in [3.8, 4) is 0 Å². The van der Waals surface area contributed by atoms with Crippen molar-refractivity contribution in [1.29, 1.82) is 0 Å². The average Bonchev–Trinajstić information content (AvgIpc) is 2.88. The predicted molar refractivity (Wildman–Crippen MR) is 141 cm³/mol. The Morgan fingerprint density at radius 1 is 0.600 bits per heavy atom. The summed E-state index contributed by atoms with van der Waals surface area (Å²) in [4.78, 5) is 22.9. The molecule has 0 aromatic rings. The zero-order chi connectivity index (χ0) is 26.6. The lowest BCUT2D eigenvalue weighted by molar-refractivity contribution is -0.144. The molecule has 0 heterocycles. The van der Waals surface area contributed by atoms with Crippen LogP contribution < -0.4 is 0 Å². The van der Waals surface area contributed by atoms with E-state index in [0.717, 1.165) is 19.3 Å². The highest BCUT2D eigenvalue weighted by Crippen LogP contribution is 2.12. The van der Waals surface area contributed by atoms with E-state index in [9.17, 15) is 9.59 Å². The van der Waals surface area contributed by atoms with Gasteiger partial charge in [-0.2, -0.15) is 11.8 Å². The van der Waals surface area contributed by atoms with Crippen molar-refractivity contribution in [3.05, 3.63) is 0 Å². The maximum Gasteiger partial charge on any atom is 0.306 e. The lowest BCUT2D eigenvalue weighted by Crippen LogP contribution is -2.37. The van der Waals surface area contributed by atoms with Crippen molar-refractivity contribution < 1.29 is 39.5 Å². The Balaban J connectivity index is 0. The van der Waals surface area contributed by atoms with Gasteiger partial charge in [-0.05, 0) is 12.8 Å². The Bertz CT molecular complexity index is 455. The number of ether oxygens (including phenoxy) is 2. The summed E-state index contributed by atoms with van der Waals surface area (Å²) < 4.78 is 10.2. The van der Waals surface area contributed by atoms with Gasteiger partial charge in [0.1, 0.15) is 0 Å². The molecule has 210 valence electrons. The Morgan fingerprint density at radius 3 is 1.37 bits per heavy atom. The predicted octanol–water partition coefficient (Wildman–Crippen LogP) is 3.86. The molecule has 0 aromatic carbocycles. The van der Waals surface area contributed by atoms with Crippen LogP contribution in [0.1, 0.15) is 97.3 Å². The summed E-state index contributed by atoms with van der Waals surface area (Å²) in [5, 5.41) is 34.0. The zero-order valence-corrected chi connectivity index (χ0v) is 23.0. The largest absolute Gasteiger partial charge is 0.466 e. The molecule has 0 radical (unpaired) electrons. The van der Waals surface area contributed by atoms with Gasteiger partial charge in [0.25, 0.3) is 0 Å². The molecule has 0 aliphatic carbocycles. The van der Waals surface area contributed by atoms with E-state index in [1.807, 2.05) is 6.92 Å². The summed E-state index contributed by atoms with van der Waals surface area (Å²) in [6.45, 7) is 3.64. The topological polar surface area (TPSA) is 134 Å². The molecule has 0 rings (SSSR count). The van der Waals surface area contributed by atoms with Gasteiger partial charge in [0, 0.05) is 11.5 Å². The molecular formula is C26H52O8S. The van der Waals surface area contributed by atoms with E-state index in [-0.39, 0.29) is 11.9 Å². The second kappa shape index (κ2) is 27.7. The fourth-order valence-corrected chi connectivity index (χ4v) is 3.67. The first-order valence-electron chi connectivity index (χ1n) is 13.3. The monoisotopic (exact) mass is 524 g/mol. The highest BCUT2D eigenvalue weighted by atomic mass is 32.2. The van der Waals surface area contributed by atoms with Gasteiger partial charge in [-0.25, -0.2) is 0 Å². The van der Waals surface area contributed by atoms with Crippen LogP contribution in [0, 0.1) is 5.41 Å². The molecule has 9 heteroatoms. The number of aliphatic hydroxyl groups is 4. The second-order valence-corrected chi connectivity index (χ2v) is 10.1. The van der Waals surface area contributed by atoms with E-state index in [4.69, 9.17) is 29.9 Å². The zero-order valence-electron chi connectivity index (χ0n) is 22.2. The minimum absolute atomic E-state index is 0.123. The van der Waals surface area contributed by atoms with Crippen molar-refractivity contribution in [2.45, 2.75) is 97.3 Å². The molecule has 0 fully saturated rings. The summed E-state index contributed by atoms with van der Waals surface area (Å²) in [5.74, 6) is 1.14.